The van der Waals surface area contributed by atoms with E-state index in [1.807, 2.05) is 108 Å². The summed E-state index contributed by atoms with van der Waals surface area (Å²) in [5.41, 5.74) is 3.19. The van der Waals surface area contributed by atoms with E-state index >= 15 is 0 Å². The zero-order valence-corrected chi connectivity index (χ0v) is 25.2. The van der Waals surface area contributed by atoms with Crippen LogP contribution in [0.3, 0.4) is 0 Å². The molecule has 0 radical (unpaired) electrons. The lowest BCUT2D eigenvalue weighted by Crippen LogP contribution is -2.01. The molecule has 0 saturated heterocycles. The molecule has 0 N–H and O–H groups in total. The lowest BCUT2D eigenvalue weighted by molar-refractivity contribution is 0.668. The van der Waals surface area contributed by atoms with Crippen LogP contribution < -0.4 is 0 Å². The fourth-order valence-electron chi connectivity index (χ4n) is 6.56. The molecule has 10 rings (SSSR count). The minimum absolute atomic E-state index is 0.00680. The van der Waals surface area contributed by atoms with E-state index in [9.17, 15) is 2.74 Å². The summed E-state index contributed by atoms with van der Waals surface area (Å²) in [4.78, 5) is 14.8. The molecule has 0 fully saturated rings. The van der Waals surface area contributed by atoms with Gasteiger partial charge in [0.1, 0.15) is 11.2 Å². The summed E-state index contributed by atoms with van der Waals surface area (Å²) >= 11 is 0. The first-order valence-electron chi connectivity index (χ1n) is 18.6. The summed E-state index contributed by atoms with van der Waals surface area (Å²) in [6.07, 6.45) is 0. The van der Waals surface area contributed by atoms with Gasteiger partial charge in [0.05, 0.1) is 24.9 Å². The second-order valence-corrected chi connectivity index (χ2v) is 11.6. The Labute approximate surface area is 283 Å². The Hall–Kier alpha value is -6.59. The van der Waals surface area contributed by atoms with Gasteiger partial charge in [0.2, 0.25) is 0 Å². The number of hydrogen-bond acceptors (Lipinski definition) is 4. The Morgan fingerprint density at radius 1 is 0.521 bits per heavy atom. The van der Waals surface area contributed by atoms with Gasteiger partial charge in [-0.1, -0.05) is 121 Å². The summed E-state index contributed by atoms with van der Waals surface area (Å²) in [7, 11) is 0. The number of benzene rings is 7. The highest BCUT2D eigenvalue weighted by atomic mass is 16.3. The van der Waals surface area contributed by atoms with Gasteiger partial charge in [0, 0.05) is 44.3 Å². The predicted octanol–water partition coefficient (Wildman–Crippen LogP) is 11.0. The molecule has 5 heteroatoms. The van der Waals surface area contributed by atoms with Crippen molar-refractivity contribution in [1.82, 2.24) is 19.5 Å². The molecule has 0 atom stereocenters. The molecule has 224 valence electrons. The summed E-state index contributed by atoms with van der Waals surface area (Å²) < 4.78 is 62.9. The van der Waals surface area contributed by atoms with E-state index in [1.165, 1.54) is 0 Å². The molecule has 3 heterocycles. The van der Waals surface area contributed by atoms with Crippen molar-refractivity contribution < 1.29 is 12.6 Å². The van der Waals surface area contributed by atoms with Gasteiger partial charge >= 0.3 is 0 Å². The molecule has 0 amide bonds. The second kappa shape index (κ2) is 10.5. The zero-order valence-electron chi connectivity index (χ0n) is 31.2. The van der Waals surface area contributed by atoms with Gasteiger partial charge < -0.3 is 8.98 Å². The number of hydrogen-bond donors (Lipinski definition) is 0. The highest BCUT2D eigenvalue weighted by molar-refractivity contribution is 6.15. The Morgan fingerprint density at radius 2 is 1.15 bits per heavy atom. The largest absolute Gasteiger partial charge is 0.456 e. The molecule has 0 bridgehead atoms. The molecule has 0 unspecified atom stereocenters. The van der Waals surface area contributed by atoms with Gasteiger partial charge in [0.15, 0.2) is 17.5 Å². The lowest BCUT2D eigenvalue weighted by atomic mass is 10.0. The van der Waals surface area contributed by atoms with Crippen LogP contribution in [-0.2, 0) is 0 Å². The van der Waals surface area contributed by atoms with Crippen molar-refractivity contribution in [2.45, 2.75) is 0 Å². The summed E-state index contributed by atoms with van der Waals surface area (Å²) in [6.45, 7) is 0. The molecule has 0 aliphatic heterocycles. The van der Waals surface area contributed by atoms with E-state index < -0.39 is 12.1 Å². The molecule has 0 aliphatic rings. The van der Waals surface area contributed by atoms with Crippen LogP contribution in [-0.4, -0.2) is 19.5 Å². The zero-order chi connectivity index (χ0) is 36.8. The average Bonchev–Trinajstić information content (AvgIpc) is 3.76. The van der Waals surface area contributed by atoms with E-state index in [0.29, 0.717) is 22.8 Å². The molecule has 0 saturated carbocycles. The van der Waals surface area contributed by atoms with Crippen molar-refractivity contribution >= 4 is 54.5 Å². The van der Waals surface area contributed by atoms with Crippen molar-refractivity contribution in [2.24, 2.45) is 0 Å². The Balaban J connectivity index is 1.41. The minimum Gasteiger partial charge on any atom is -0.456 e. The van der Waals surface area contributed by atoms with E-state index in [0.717, 1.165) is 32.6 Å². The van der Waals surface area contributed by atoms with Crippen molar-refractivity contribution in [3.05, 3.63) is 158 Å². The number of nitrogens with zero attached hydrogens (tertiary/aromatic N) is 4. The van der Waals surface area contributed by atoms with Gasteiger partial charge in [-0.2, -0.15) is 0 Å². The maximum atomic E-state index is 10.1. The first-order chi connectivity index (χ1) is 26.3. The van der Waals surface area contributed by atoms with E-state index in [1.54, 1.807) is 0 Å². The normalized spacial score (nSPS) is 13.5. The molecule has 3 aromatic heterocycles. The van der Waals surface area contributed by atoms with Crippen LogP contribution in [0.25, 0.3) is 94.4 Å². The van der Waals surface area contributed by atoms with Crippen molar-refractivity contribution in [2.75, 3.05) is 0 Å². The van der Waals surface area contributed by atoms with Crippen LogP contribution >= 0.6 is 0 Å². The summed E-state index contributed by atoms with van der Waals surface area (Å²) in [5.74, 6) is 0.795. The van der Waals surface area contributed by atoms with Crippen molar-refractivity contribution in [3.8, 4) is 39.9 Å². The maximum Gasteiger partial charge on any atom is 0.164 e. The first kappa shape index (κ1) is 21.3. The Morgan fingerprint density at radius 3 is 1.90 bits per heavy atom. The third-order valence-electron chi connectivity index (χ3n) is 8.75. The van der Waals surface area contributed by atoms with Crippen LogP contribution in [0, 0.1) is 0 Å². The molecule has 5 nitrogen and oxygen atoms in total. The van der Waals surface area contributed by atoms with E-state index in [4.69, 9.17) is 24.9 Å². The lowest BCUT2D eigenvalue weighted by Gasteiger charge is -2.13. The van der Waals surface area contributed by atoms with Crippen molar-refractivity contribution in [3.63, 3.8) is 0 Å². The van der Waals surface area contributed by atoms with Crippen LogP contribution in [0.1, 0.15) is 8.22 Å². The third kappa shape index (κ3) is 4.15. The molecule has 48 heavy (non-hydrogen) atoms. The highest BCUT2D eigenvalue weighted by Gasteiger charge is 2.21. The first-order valence-corrected chi connectivity index (χ1v) is 15.6. The summed E-state index contributed by atoms with van der Waals surface area (Å²) in [5, 5.41) is 4.11. The van der Waals surface area contributed by atoms with Crippen LogP contribution in [0.2, 0.25) is 0 Å². The van der Waals surface area contributed by atoms with Crippen LogP contribution in [0.4, 0.5) is 0 Å². The average molecular weight is 621 g/mol. The predicted molar refractivity (Wildman–Crippen MR) is 195 cm³/mol. The number of fused-ring (bicyclic) bond motifs is 7. The molecule has 0 spiro atoms. The monoisotopic (exact) mass is 620 g/mol. The fourth-order valence-corrected chi connectivity index (χ4v) is 6.56. The molecule has 0 aliphatic carbocycles. The second-order valence-electron chi connectivity index (χ2n) is 11.6. The summed E-state index contributed by atoms with van der Waals surface area (Å²) in [6, 6.07) is 37.0. The Kier molecular flexibility index (Phi) is 4.64. The van der Waals surface area contributed by atoms with Gasteiger partial charge in [-0.3, -0.25) is 0 Å². The van der Waals surface area contributed by atoms with Gasteiger partial charge in [-0.05, 0) is 41.1 Å². The number of para-hydroxylation sites is 2. The smallest absolute Gasteiger partial charge is 0.164 e. The van der Waals surface area contributed by atoms with Crippen molar-refractivity contribution in [1.29, 1.82) is 0 Å². The van der Waals surface area contributed by atoms with E-state index in [2.05, 4.69) is 18.2 Å². The fraction of sp³-hybridized carbons (Fsp3) is 0. The standard InChI is InChI=1S/C43H26N4O/c1-3-13-27(14-4-1)41-44-42(28-15-5-2-6-16-28)46-43(45-41)35-25-31(26-39-40(35)33-20-10-12-22-38(33)48-39)47-36-21-11-9-19-32(36)34-23-29-17-7-8-18-30(29)24-37(34)47/h1-26H/i10D,12D,20D,22D,25D,26D. The topological polar surface area (TPSA) is 56.7 Å². The van der Waals surface area contributed by atoms with Gasteiger partial charge in [-0.15, -0.1) is 0 Å². The number of furan rings is 1. The molecule has 10 aromatic rings. The van der Waals surface area contributed by atoms with Crippen LogP contribution in [0.5, 0.6) is 0 Å². The highest BCUT2D eigenvalue weighted by Crippen LogP contribution is 2.41. The Bertz CT molecular complexity index is 3120. The third-order valence-corrected chi connectivity index (χ3v) is 8.75. The van der Waals surface area contributed by atoms with Gasteiger partial charge in [0.25, 0.3) is 0 Å². The minimum atomic E-state index is -0.460. The molecular weight excluding hydrogens is 589 g/mol. The SMILES string of the molecule is [2H]c1c([2H])c([2H])c2c(oc3c([2H])c(-n4c5ccccc5c5cc6ccccc6cc54)c([2H])c(-c4nc(-c5ccccc5)nc(-c5ccccc5)n4)c32)c1[2H]. The quantitative estimate of drug-likeness (QED) is 0.196. The maximum absolute atomic E-state index is 10.1. The van der Waals surface area contributed by atoms with Gasteiger partial charge in [-0.25, -0.2) is 15.0 Å². The van der Waals surface area contributed by atoms with E-state index in [-0.39, 0.29) is 63.2 Å². The number of aromatic nitrogens is 4. The number of rotatable bonds is 4. The molecular formula is C43H26N4O. The molecule has 7 aromatic carbocycles. The van der Waals surface area contributed by atoms with Crippen LogP contribution in [0.15, 0.2) is 162 Å².